The number of rotatable bonds is 2. The summed E-state index contributed by atoms with van der Waals surface area (Å²) in [5, 5.41) is 2.92. The van der Waals surface area contributed by atoms with Crippen LogP contribution in [-0.2, 0) is 4.79 Å². The molecule has 1 aromatic rings. The number of amides is 1. The van der Waals surface area contributed by atoms with Gasteiger partial charge in [-0.05, 0) is 24.9 Å². The predicted octanol–water partition coefficient (Wildman–Crippen LogP) is 1.17. The quantitative estimate of drug-likeness (QED) is 0.783. The van der Waals surface area contributed by atoms with Crippen molar-refractivity contribution < 1.29 is 4.79 Å². The molecule has 1 aliphatic heterocycles. The first-order valence-electron chi connectivity index (χ1n) is 5.74. The number of nitrogens with one attached hydrogen (secondary N) is 1. The van der Waals surface area contributed by atoms with Crippen molar-refractivity contribution in [1.82, 2.24) is 5.32 Å². The van der Waals surface area contributed by atoms with E-state index in [2.05, 4.69) is 36.5 Å². The SMILES string of the molecule is Cc1cccc(C2CNC(=O)CC2CN)c1. The van der Waals surface area contributed by atoms with Crippen LogP contribution in [0.4, 0.5) is 0 Å². The average molecular weight is 218 g/mol. The van der Waals surface area contributed by atoms with Crippen molar-refractivity contribution in [3.63, 3.8) is 0 Å². The first-order chi connectivity index (χ1) is 7.70. The van der Waals surface area contributed by atoms with E-state index in [1.807, 2.05) is 0 Å². The molecule has 3 nitrogen and oxygen atoms in total. The molecule has 1 fully saturated rings. The second kappa shape index (κ2) is 4.66. The van der Waals surface area contributed by atoms with Crippen LogP contribution in [0.3, 0.4) is 0 Å². The number of carbonyl (C=O) groups is 1. The molecular formula is C13H18N2O. The number of hydrogen-bond donors (Lipinski definition) is 2. The zero-order valence-corrected chi connectivity index (χ0v) is 9.57. The maximum absolute atomic E-state index is 11.3. The third-order valence-corrected chi connectivity index (χ3v) is 3.31. The smallest absolute Gasteiger partial charge is 0.220 e. The molecule has 0 aromatic heterocycles. The van der Waals surface area contributed by atoms with Gasteiger partial charge < -0.3 is 11.1 Å². The summed E-state index contributed by atoms with van der Waals surface area (Å²) in [6.45, 7) is 3.37. The van der Waals surface area contributed by atoms with Crippen LogP contribution in [0.25, 0.3) is 0 Å². The first kappa shape index (κ1) is 11.1. The van der Waals surface area contributed by atoms with Crippen molar-refractivity contribution in [2.75, 3.05) is 13.1 Å². The Hall–Kier alpha value is -1.35. The van der Waals surface area contributed by atoms with E-state index in [1.165, 1.54) is 11.1 Å². The van der Waals surface area contributed by atoms with Gasteiger partial charge in [-0.3, -0.25) is 4.79 Å². The molecule has 0 spiro atoms. The molecule has 16 heavy (non-hydrogen) atoms. The zero-order chi connectivity index (χ0) is 11.5. The average Bonchev–Trinajstić information content (AvgIpc) is 2.28. The summed E-state index contributed by atoms with van der Waals surface area (Å²) in [4.78, 5) is 11.3. The Balaban J connectivity index is 2.22. The highest BCUT2D eigenvalue weighted by molar-refractivity contribution is 5.77. The standard InChI is InChI=1S/C13H18N2O/c1-9-3-2-4-10(5-9)12-8-15-13(16)6-11(12)7-14/h2-5,11-12H,6-8,14H2,1H3,(H,15,16). The van der Waals surface area contributed by atoms with Gasteiger partial charge in [-0.25, -0.2) is 0 Å². The molecule has 1 amide bonds. The molecule has 1 saturated heterocycles. The lowest BCUT2D eigenvalue weighted by molar-refractivity contribution is -0.123. The number of aryl methyl sites for hydroxylation is 1. The Kier molecular flexibility index (Phi) is 3.25. The minimum absolute atomic E-state index is 0.124. The second-order valence-electron chi connectivity index (χ2n) is 4.52. The molecule has 1 heterocycles. The van der Waals surface area contributed by atoms with Crippen LogP contribution in [0.5, 0.6) is 0 Å². The molecule has 0 radical (unpaired) electrons. The number of nitrogens with two attached hydrogens (primary N) is 1. The molecular weight excluding hydrogens is 200 g/mol. The lowest BCUT2D eigenvalue weighted by Gasteiger charge is -2.31. The maximum Gasteiger partial charge on any atom is 0.220 e. The van der Waals surface area contributed by atoms with Crippen LogP contribution in [-0.4, -0.2) is 19.0 Å². The predicted molar refractivity (Wildman–Crippen MR) is 64.1 cm³/mol. The molecule has 1 aromatic carbocycles. The zero-order valence-electron chi connectivity index (χ0n) is 9.57. The first-order valence-corrected chi connectivity index (χ1v) is 5.74. The summed E-state index contributed by atoms with van der Waals surface area (Å²) in [5.41, 5.74) is 8.29. The van der Waals surface area contributed by atoms with Crippen molar-refractivity contribution in [2.24, 2.45) is 11.7 Å². The Morgan fingerprint density at radius 2 is 2.31 bits per heavy atom. The van der Waals surface area contributed by atoms with Crippen molar-refractivity contribution in [3.8, 4) is 0 Å². The Morgan fingerprint density at radius 1 is 1.50 bits per heavy atom. The van der Waals surface area contributed by atoms with E-state index in [1.54, 1.807) is 0 Å². The molecule has 3 N–H and O–H groups in total. The molecule has 0 bridgehead atoms. The molecule has 2 rings (SSSR count). The van der Waals surface area contributed by atoms with Gasteiger partial charge >= 0.3 is 0 Å². The highest BCUT2D eigenvalue weighted by Gasteiger charge is 2.29. The van der Waals surface area contributed by atoms with Gasteiger partial charge in [0.1, 0.15) is 0 Å². The monoisotopic (exact) mass is 218 g/mol. The molecule has 3 heteroatoms. The topological polar surface area (TPSA) is 55.1 Å². The summed E-state index contributed by atoms with van der Waals surface area (Å²) in [7, 11) is 0. The highest BCUT2D eigenvalue weighted by Crippen LogP contribution is 2.29. The van der Waals surface area contributed by atoms with Gasteiger partial charge in [0.2, 0.25) is 5.91 Å². The third kappa shape index (κ3) is 2.25. The Morgan fingerprint density at radius 3 is 3.00 bits per heavy atom. The fourth-order valence-corrected chi connectivity index (χ4v) is 2.38. The van der Waals surface area contributed by atoms with Crippen molar-refractivity contribution in [2.45, 2.75) is 19.3 Å². The molecule has 2 unspecified atom stereocenters. The summed E-state index contributed by atoms with van der Waals surface area (Å²) in [6.07, 6.45) is 0.551. The molecule has 0 saturated carbocycles. The number of carbonyl (C=O) groups excluding carboxylic acids is 1. The van der Waals surface area contributed by atoms with Crippen LogP contribution in [0.15, 0.2) is 24.3 Å². The maximum atomic E-state index is 11.3. The van der Waals surface area contributed by atoms with Crippen molar-refractivity contribution in [3.05, 3.63) is 35.4 Å². The molecule has 2 atom stereocenters. The Labute approximate surface area is 96.0 Å². The van der Waals surface area contributed by atoms with Gasteiger partial charge in [0, 0.05) is 18.9 Å². The molecule has 0 aliphatic carbocycles. The summed E-state index contributed by atoms with van der Waals surface area (Å²) in [6, 6.07) is 8.46. The van der Waals surface area contributed by atoms with Crippen LogP contribution in [0.2, 0.25) is 0 Å². The van der Waals surface area contributed by atoms with Crippen LogP contribution < -0.4 is 11.1 Å². The van der Waals surface area contributed by atoms with Gasteiger partial charge in [0.25, 0.3) is 0 Å². The largest absolute Gasteiger partial charge is 0.355 e. The van der Waals surface area contributed by atoms with Gasteiger partial charge in [-0.1, -0.05) is 29.8 Å². The minimum atomic E-state index is 0.124. The Bertz CT molecular complexity index is 389. The second-order valence-corrected chi connectivity index (χ2v) is 4.52. The van der Waals surface area contributed by atoms with Crippen LogP contribution >= 0.6 is 0 Å². The summed E-state index contributed by atoms with van der Waals surface area (Å²) < 4.78 is 0. The van der Waals surface area contributed by atoms with Gasteiger partial charge in [-0.15, -0.1) is 0 Å². The van der Waals surface area contributed by atoms with Crippen molar-refractivity contribution in [1.29, 1.82) is 0 Å². The van der Waals surface area contributed by atoms with Gasteiger partial charge in [0.15, 0.2) is 0 Å². The van der Waals surface area contributed by atoms with E-state index >= 15 is 0 Å². The van der Waals surface area contributed by atoms with E-state index in [9.17, 15) is 4.79 Å². The van der Waals surface area contributed by atoms with E-state index in [0.717, 1.165) is 0 Å². The minimum Gasteiger partial charge on any atom is -0.355 e. The molecule has 86 valence electrons. The van der Waals surface area contributed by atoms with E-state index in [0.29, 0.717) is 25.4 Å². The normalized spacial score (nSPS) is 25.2. The van der Waals surface area contributed by atoms with E-state index in [4.69, 9.17) is 5.73 Å². The number of piperidine rings is 1. The van der Waals surface area contributed by atoms with E-state index < -0.39 is 0 Å². The lowest BCUT2D eigenvalue weighted by atomic mass is 9.81. The van der Waals surface area contributed by atoms with Gasteiger partial charge in [0.05, 0.1) is 0 Å². The molecule has 1 aliphatic rings. The van der Waals surface area contributed by atoms with E-state index in [-0.39, 0.29) is 11.8 Å². The van der Waals surface area contributed by atoms with Crippen molar-refractivity contribution >= 4 is 5.91 Å². The van der Waals surface area contributed by atoms with Crippen LogP contribution in [0, 0.1) is 12.8 Å². The summed E-state index contributed by atoms with van der Waals surface area (Å²) in [5.74, 6) is 0.762. The fourth-order valence-electron chi connectivity index (χ4n) is 2.38. The third-order valence-electron chi connectivity index (χ3n) is 3.31. The lowest BCUT2D eigenvalue weighted by Crippen LogP contribution is -2.42. The fraction of sp³-hybridized carbons (Fsp3) is 0.462. The van der Waals surface area contributed by atoms with Crippen LogP contribution in [0.1, 0.15) is 23.5 Å². The number of benzene rings is 1. The highest BCUT2D eigenvalue weighted by atomic mass is 16.1. The summed E-state index contributed by atoms with van der Waals surface area (Å²) >= 11 is 0. The van der Waals surface area contributed by atoms with Gasteiger partial charge in [-0.2, -0.15) is 0 Å². The number of hydrogen-bond acceptors (Lipinski definition) is 2.